The highest BCUT2D eigenvalue weighted by molar-refractivity contribution is 7.12. The second-order valence-electron chi connectivity index (χ2n) is 4.65. The van der Waals surface area contributed by atoms with Crippen molar-refractivity contribution in [2.45, 2.75) is 19.4 Å². The second kappa shape index (κ2) is 6.79. The van der Waals surface area contributed by atoms with Crippen molar-refractivity contribution < 1.29 is 9.53 Å². The number of hydrogen-bond donors (Lipinski definition) is 2. The van der Waals surface area contributed by atoms with Crippen molar-refractivity contribution in [2.75, 3.05) is 19.7 Å². The van der Waals surface area contributed by atoms with Crippen LogP contribution in [0.3, 0.4) is 0 Å². The van der Waals surface area contributed by atoms with Gasteiger partial charge < -0.3 is 15.8 Å². The molecule has 6 heteroatoms. The Labute approximate surface area is 116 Å². The lowest BCUT2D eigenvalue weighted by atomic mass is 10.1. The van der Waals surface area contributed by atoms with Gasteiger partial charge in [-0.3, -0.25) is 4.79 Å². The molecule has 1 fully saturated rings. The number of hydrogen-bond acceptors (Lipinski definition) is 5. The number of nitrogens with one attached hydrogen (secondary N) is 1. The summed E-state index contributed by atoms with van der Waals surface area (Å²) in [4.78, 5) is 16.8. The van der Waals surface area contributed by atoms with E-state index < -0.39 is 0 Å². The van der Waals surface area contributed by atoms with E-state index in [2.05, 4.69) is 10.3 Å². The van der Waals surface area contributed by atoms with Crippen LogP contribution in [0.15, 0.2) is 12.3 Å². The number of thiazole rings is 1. The maximum Gasteiger partial charge on any atom is 0.244 e. The minimum atomic E-state index is -0.0812. The Bertz CT molecular complexity index is 458. The summed E-state index contributed by atoms with van der Waals surface area (Å²) >= 11 is 1.56. The van der Waals surface area contributed by atoms with Crippen LogP contribution in [0.4, 0.5) is 0 Å². The molecule has 1 saturated heterocycles. The van der Waals surface area contributed by atoms with E-state index in [1.54, 1.807) is 29.7 Å². The van der Waals surface area contributed by atoms with Gasteiger partial charge in [-0.05, 0) is 19.4 Å². The van der Waals surface area contributed by atoms with Gasteiger partial charge in [0.15, 0.2) is 0 Å². The van der Waals surface area contributed by atoms with Gasteiger partial charge in [-0.15, -0.1) is 11.3 Å². The largest absolute Gasteiger partial charge is 0.377 e. The number of nitrogens with two attached hydrogens (primary N) is 1. The Kier molecular flexibility index (Phi) is 5.07. The first-order chi connectivity index (χ1) is 9.17. The lowest BCUT2D eigenvalue weighted by Gasteiger charge is -2.07. The summed E-state index contributed by atoms with van der Waals surface area (Å²) in [6.45, 7) is 3.81. The van der Waals surface area contributed by atoms with Crippen LogP contribution in [0, 0.1) is 12.8 Å². The fourth-order valence-corrected chi connectivity index (χ4v) is 2.69. The number of aromatic nitrogens is 1. The summed E-state index contributed by atoms with van der Waals surface area (Å²) in [7, 11) is 0. The molecule has 0 radical (unpaired) electrons. The second-order valence-corrected chi connectivity index (χ2v) is 5.92. The smallest absolute Gasteiger partial charge is 0.244 e. The fourth-order valence-electron chi connectivity index (χ4n) is 2.00. The van der Waals surface area contributed by atoms with Gasteiger partial charge in [-0.1, -0.05) is 0 Å². The van der Waals surface area contributed by atoms with E-state index in [1.807, 2.05) is 6.92 Å². The highest BCUT2D eigenvalue weighted by Gasteiger charge is 2.24. The lowest BCUT2D eigenvalue weighted by Crippen LogP contribution is -2.28. The molecule has 5 nitrogen and oxygen atoms in total. The van der Waals surface area contributed by atoms with Gasteiger partial charge in [0.05, 0.1) is 17.7 Å². The van der Waals surface area contributed by atoms with Crippen molar-refractivity contribution in [3.63, 3.8) is 0 Å². The predicted octanol–water partition coefficient (Wildman–Crippen LogP) is 0.945. The fraction of sp³-hybridized carbons (Fsp3) is 0.538. The number of amides is 1. The molecule has 0 bridgehead atoms. The van der Waals surface area contributed by atoms with E-state index in [1.165, 1.54) is 0 Å². The third kappa shape index (κ3) is 4.41. The van der Waals surface area contributed by atoms with Crippen molar-refractivity contribution in [3.8, 4) is 0 Å². The molecule has 104 valence electrons. The molecule has 2 unspecified atom stereocenters. The topological polar surface area (TPSA) is 77.2 Å². The summed E-state index contributed by atoms with van der Waals surface area (Å²) in [5, 5.41) is 3.88. The van der Waals surface area contributed by atoms with Crippen LogP contribution >= 0.6 is 11.3 Å². The van der Waals surface area contributed by atoms with Crippen LogP contribution in [0.1, 0.15) is 16.3 Å². The zero-order chi connectivity index (χ0) is 13.7. The maximum absolute atomic E-state index is 11.7. The quantitative estimate of drug-likeness (QED) is 0.788. The Morgan fingerprint density at radius 1 is 1.74 bits per heavy atom. The molecule has 1 aromatic rings. The Morgan fingerprint density at radius 2 is 2.58 bits per heavy atom. The molecular weight excluding hydrogens is 262 g/mol. The van der Waals surface area contributed by atoms with E-state index in [-0.39, 0.29) is 12.0 Å². The number of aryl methyl sites for hydroxylation is 1. The molecule has 0 spiro atoms. The number of ether oxygens (including phenoxy) is 1. The Hall–Kier alpha value is -1.24. The molecular formula is C13H19N3O2S. The summed E-state index contributed by atoms with van der Waals surface area (Å²) < 4.78 is 5.48. The number of nitrogens with zero attached hydrogens (tertiary/aromatic N) is 1. The van der Waals surface area contributed by atoms with Crippen molar-refractivity contribution >= 4 is 23.3 Å². The van der Waals surface area contributed by atoms with E-state index >= 15 is 0 Å². The van der Waals surface area contributed by atoms with Gasteiger partial charge in [0.25, 0.3) is 0 Å². The van der Waals surface area contributed by atoms with E-state index in [9.17, 15) is 4.79 Å². The normalized spacial score (nSPS) is 23.1. The highest BCUT2D eigenvalue weighted by atomic mass is 32.1. The van der Waals surface area contributed by atoms with Crippen molar-refractivity contribution in [3.05, 3.63) is 22.2 Å². The third-order valence-corrected chi connectivity index (χ3v) is 3.91. The third-order valence-electron chi connectivity index (χ3n) is 3.03. The maximum atomic E-state index is 11.7. The zero-order valence-corrected chi connectivity index (χ0v) is 11.8. The number of carbonyl (C=O) groups is 1. The van der Waals surface area contributed by atoms with Crippen LogP contribution in [0.25, 0.3) is 6.08 Å². The van der Waals surface area contributed by atoms with Crippen molar-refractivity contribution in [2.24, 2.45) is 11.7 Å². The first-order valence-corrected chi connectivity index (χ1v) is 7.19. The average Bonchev–Trinajstić information content (AvgIpc) is 3.02. The molecule has 2 heterocycles. The van der Waals surface area contributed by atoms with E-state index in [4.69, 9.17) is 10.5 Å². The van der Waals surface area contributed by atoms with Crippen LogP contribution in [-0.2, 0) is 9.53 Å². The van der Waals surface area contributed by atoms with Crippen LogP contribution in [-0.4, -0.2) is 36.7 Å². The van der Waals surface area contributed by atoms with Crippen LogP contribution in [0.2, 0.25) is 0 Å². The highest BCUT2D eigenvalue weighted by Crippen LogP contribution is 2.17. The van der Waals surface area contributed by atoms with E-state index in [0.717, 1.165) is 16.3 Å². The van der Waals surface area contributed by atoms with Crippen LogP contribution in [0.5, 0.6) is 0 Å². The van der Waals surface area contributed by atoms with Gasteiger partial charge in [0.1, 0.15) is 0 Å². The standard InChI is InChI=1S/C13H19N3O2S/c1-9-15-7-12(19-9)2-3-13(17)16-6-10-4-11(5-14)18-8-10/h2-3,7,10-11H,4-6,8,14H2,1H3,(H,16,17)/b3-2+. The first kappa shape index (κ1) is 14.2. The minimum absolute atomic E-state index is 0.0812. The lowest BCUT2D eigenvalue weighted by molar-refractivity contribution is -0.116. The van der Waals surface area contributed by atoms with Gasteiger partial charge in [-0.25, -0.2) is 4.98 Å². The SMILES string of the molecule is Cc1ncc(/C=C/C(=O)NCC2COC(CN)C2)s1. The summed E-state index contributed by atoms with van der Waals surface area (Å²) in [5.74, 6) is 0.291. The zero-order valence-electron chi connectivity index (χ0n) is 11.0. The minimum Gasteiger partial charge on any atom is -0.377 e. The van der Waals surface area contributed by atoms with Crippen LogP contribution < -0.4 is 11.1 Å². The molecule has 1 aliphatic heterocycles. The first-order valence-electron chi connectivity index (χ1n) is 6.37. The van der Waals surface area contributed by atoms with Gasteiger partial charge in [0, 0.05) is 36.2 Å². The molecule has 2 atom stereocenters. The van der Waals surface area contributed by atoms with Crippen molar-refractivity contribution in [1.82, 2.24) is 10.3 Å². The van der Waals surface area contributed by atoms with Gasteiger partial charge in [-0.2, -0.15) is 0 Å². The van der Waals surface area contributed by atoms with E-state index in [0.29, 0.717) is 25.6 Å². The Morgan fingerprint density at radius 3 is 3.21 bits per heavy atom. The molecule has 1 amide bonds. The predicted molar refractivity (Wildman–Crippen MR) is 75.8 cm³/mol. The molecule has 3 N–H and O–H groups in total. The number of carbonyl (C=O) groups excluding carboxylic acids is 1. The molecule has 2 rings (SSSR count). The molecule has 1 aliphatic rings. The summed E-state index contributed by atoms with van der Waals surface area (Å²) in [6, 6.07) is 0. The molecule has 0 aromatic carbocycles. The van der Waals surface area contributed by atoms with Gasteiger partial charge in [0.2, 0.25) is 5.91 Å². The van der Waals surface area contributed by atoms with Crippen molar-refractivity contribution in [1.29, 1.82) is 0 Å². The number of rotatable bonds is 5. The monoisotopic (exact) mass is 281 g/mol. The summed E-state index contributed by atoms with van der Waals surface area (Å²) in [6.07, 6.45) is 6.17. The molecule has 1 aromatic heterocycles. The molecule has 0 saturated carbocycles. The average molecular weight is 281 g/mol. The molecule has 0 aliphatic carbocycles. The molecule has 19 heavy (non-hydrogen) atoms. The van der Waals surface area contributed by atoms with Gasteiger partial charge >= 0.3 is 0 Å². The summed E-state index contributed by atoms with van der Waals surface area (Å²) in [5.41, 5.74) is 5.54. The Balaban J connectivity index is 1.71.